The standard InChI is InChI=1S/C17H18N2O3S/c1-13-5-2-3-8-16(13)17(20)11-19-23(21,22)12-15-7-4-6-14(9-15)10-18/h2-9,17,19-20H,11-12H2,1H3. The molecule has 0 aliphatic carbocycles. The van der Waals surface area contributed by atoms with Crippen LogP contribution < -0.4 is 4.72 Å². The van der Waals surface area contributed by atoms with E-state index in [1.54, 1.807) is 30.3 Å². The number of nitriles is 1. The molecule has 1 unspecified atom stereocenters. The Balaban J connectivity index is 2.01. The fourth-order valence-electron chi connectivity index (χ4n) is 2.28. The lowest BCUT2D eigenvalue weighted by molar-refractivity contribution is 0.181. The molecule has 0 aliphatic rings. The van der Waals surface area contributed by atoms with Crippen LogP contribution in [0.1, 0.15) is 28.4 Å². The van der Waals surface area contributed by atoms with Crippen molar-refractivity contribution in [1.82, 2.24) is 4.72 Å². The van der Waals surface area contributed by atoms with Gasteiger partial charge in [0.05, 0.1) is 23.5 Å². The quantitative estimate of drug-likeness (QED) is 0.848. The highest BCUT2D eigenvalue weighted by molar-refractivity contribution is 7.88. The molecule has 2 rings (SSSR count). The first-order valence-corrected chi connectivity index (χ1v) is 8.76. The largest absolute Gasteiger partial charge is 0.387 e. The smallest absolute Gasteiger partial charge is 0.215 e. The maximum Gasteiger partial charge on any atom is 0.215 e. The van der Waals surface area contributed by atoms with Gasteiger partial charge in [0, 0.05) is 6.54 Å². The Morgan fingerprint density at radius 2 is 1.96 bits per heavy atom. The number of nitrogens with zero attached hydrogens (tertiary/aromatic N) is 1. The molecule has 0 aliphatic heterocycles. The SMILES string of the molecule is Cc1ccccc1C(O)CNS(=O)(=O)Cc1cccc(C#N)c1. The first kappa shape index (κ1) is 17.2. The molecule has 5 nitrogen and oxygen atoms in total. The summed E-state index contributed by atoms with van der Waals surface area (Å²) in [7, 11) is -3.59. The number of aliphatic hydroxyl groups is 1. The molecule has 120 valence electrons. The molecular weight excluding hydrogens is 312 g/mol. The minimum Gasteiger partial charge on any atom is -0.387 e. The molecule has 0 spiro atoms. The fourth-order valence-corrected chi connectivity index (χ4v) is 3.41. The molecule has 2 aromatic carbocycles. The molecule has 0 aromatic heterocycles. The number of hydrogen-bond donors (Lipinski definition) is 2. The zero-order chi connectivity index (χ0) is 16.9. The summed E-state index contributed by atoms with van der Waals surface area (Å²) in [6.45, 7) is 1.77. The zero-order valence-corrected chi connectivity index (χ0v) is 13.5. The molecule has 2 aromatic rings. The van der Waals surface area contributed by atoms with E-state index in [4.69, 9.17) is 5.26 Å². The Morgan fingerprint density at radius 1 is 1.22 bits per heavy atom. The highest BCUT2D eigenvalue weighted by Crippen LogP contribution is 2.17. The molecule has 0 fully saturated rings. The number of nitrogens with one attached hydrogen (secondary N) is 1. The second-order valence-corrected chi connectivity index (χ2v) is 7.10. The van der Waals surface area contributed by atoms with Gasteiger partial charge in [-0.05, 0) is 35.7 Å². The van der Waals surface area contributed by atoms with Gasteiger partial charge in [-0.15, -0.1) is 0 Å². The molecule has 1 atom stereocenters. The van der Waals surface area contributed by atoms with Crippen molar-refractivity contribution in [3.05, 3.63) is 70.8 Å². The first-order valence-electron chi connectivity index (χ1n) is 7.11. The molecule has 0 saturated heterocycles. The summed E-state index contributed by atoms with van der Waals surface area (Å²) < 4.78 is 26.6. The van der Waals surface area contributed by atoms with Crippen LogP contribution in [-0.2, 0) is 15.8 Å². The topological polar surface area (TPSA) is 90.2 Å². The van der Waals surface area contributed by atoms with E-state index >= 15 is 0 Å². The molecule has 23 heavy (non-hydrogen) atoms. The van der Waals surface area contributed by atoms with Crippen molar-refractivity contribution >= 4 is 10.0 Å². The van der Waals surface area contributed by atoms with Gasteiger partial charge in [0.1, 0.15) is 0 Å². The molecule has 0 saturated carbocycles. The summed E-state index contributed by atoms with van der Waals surface area (Å²) in [6, 6.07) is 15.7. The van der Waals surface area contributed by atoms with Gasteiger partial charge >= 0.3 is 0 Å². The van der Waals surface area contributed by atoms with Crippen LogP contribution in [0, 0.1) is 18.3 Å². The van der Waals surface area contributed by atoms with Gasteiger partial charge in [-0.3, -0.25) is 0 Å². The lowest BCUT2D eigenvalue weighted by Crippen LogP contribution is -2.29. The van der Waals surface area contributed by atoms with Crippen LogP contribution in [0.15, 0.2) is 48.5 Å². The van der Waals surface area contributed by atoms with E-state index in [2.05, 4.69) is 4.72 Å². The van der Waals surface area contributed by atoms with Crippen LogP contribution in [0.2, 0.25) is 0 Å². The van der Waals surface area contributed by atoms with Crippen molar-refractivity contribution in [2.24, 2.45) is 0 Å². The average molecular weight is 330 g/mol. The fraction of sp³-hybridized carbons (Fsp3) is 0.235. The van der Waals surface area contributed by atoms with E-state index in [0.717, 1.165) is 5.56 Å². The van der Waals surface area contributed by atoms with E-state index in [9.17, 15) is 13.5 Å². The van der Waals surface area contributed by atoms with Gasteiger partial charge in [-0.2, -0.15) is 5.26 Å². The number of aliphatic hydroxyl groups excluding tert-OH is 1. The van der Waals surface area contributed by atoms with Gasteiger partial charge in [0.15, 0.2) is 0 Å². The number of rotatable bonds is 6. The minimum absolute atomic E-state index is 0.0921. The third kappa shape index (κ3) is 4.89. The van der Waals surface area contributed by atoms with Crippen molar-refractivity contribution in [1.29, 1.82) is 5.26 Å². The van der Waals surface area contributed by atoms with Gasteiger partial charge in [-0.1, -0.05) is 36.4 Å². The summed E-state index contributed by atoms with van der Waals surface area (Å²) in [5, 5.41) is 19.0. The second-order valence-electron chi connectivity index (χ2n) is 5.29. The molecule has 0 bridgehead atoms. The van der Waals surface area contributed by atoms with Crippen LogP contribution in [0.4, 0.5) is 0 Å². The highest BCUT2D eigenvalue weighted by Gasteiger charge is 2.16. The van der Waals surface area contributed by atoms with Crippen LogP contribution in [0.5, 0.6) is 0 Å². The predicted molar refractivity (Wildman–Crippen MR) is 87.9 cm³/mol. The maximum absolute atomic E-state index is 12.1. The summed E-state index contributed by atoms with van der Waals surface area (Å²) in [5.74, 6) is -0.233. The molecule has 2 N–H and O–H groups in total. The van der Waals surface area contributed by atoms with Crippen molar-refractivity contribution in [3.63, 3.8) is 0 Å². The molecule has 0 heterocycles. The Bertz CT molecular complexity index is 826. The Morgan fingerprint density at radius 3 is 2.65 bits per heavy atom. The van der Waals surface area contributed by atoms with Gasteiger partial charge in [0.25, 0.3) is 0 Å². The van der Waals surface area contributed by atoms with Crippen molar-refractivity contribution in [2.45, 2.75) is 18.8 Å². The van der Waals surface area contributed by atoms with E-state index < -0.39 is 16.1 Å². The van der Waals surface area contributed by atoms with Crippen LogP contribution in [-0.4, -0.2) is 20.1 Å². The summed E-state index contributed by atoms with van der Waals surface area (Å²) in [4.78, 5) is 0. The summed E-state index contributed by atoms with van der Waals surface area (Å²) >= 11 is 0. The minimum atomic E-state index is -3.59. The third-order valence-corrected chi connectivity index (χ3v) is 4.78. The number of hydrogen-bond acceptors (Lipinski definition) is 4. The van der Waals surface area contributed by atoms with E-state index in [-0.39, 0.29) is 12.3 Å². The normalized spacial score (nSPS) is 12.6. The second kappa shape index (κ2) is 7.38. The summed E-state index contributed by atoms with van der Waals surface area (Å²) in [5.41, 5.74) is 2.54. The van der Waals surface area contributed by atoms with Crippen LogP contribution >= 0.6 is 0 Å². The van der Waals surface area contributed by atoms with E-state index in [1.807, 2.05) is 25.1 Å². The molecule has 0 radical (unpaired) electrons. The average Bonchev–Trinajstić information content (AvgIpc) is 2.53. The first-order chi connectivity index (χ1) is 10.9. The maximum atomic E-state index is 12.1. The van der Waals surface area contributed by atoms with Gasteiger partial charge in [-0.25, -0.2) is 13.1 Å². The Labute approximate surface area is 136 Å². The van der Waals surface area contributed by atoms with Crippen molar-refractivity contribution in [2.75, 3.05) is 6.54 Å². The Hall–Kier alpha value is -2.20. The van der Waals surface area contributed by atoms with E-state index in [1.165, 1.54) is 6.07 Å². The number of sulfonamides is 1. The zero-order valence-electron chi connectivity index (χ0n) is 12.7. The van der Waals surface area contributed by atoms with Crippen LogP contribution in [0.25, 0.3) is 0 Å². The number of benzene rings is 2. The Kier molecular flexibility index (Phi) is 5.50. The monoisotopic (exact) mass is 330 g/mol. The lowest BCUT2D eigenvalue weighted by Gasteiger charge is -2.14. The summed E-state index contributed by atoms with van der Waals surface area (Å²) in [6.07, 6.45) is -0.906. The van der Waals surface area contributed by atoms with Crippen molar-refractivity contribution in [3.8, 4) is 6.07 Å². The van der Waals surface area contributed by atoms with Crippen molar-refractivity contribution < 1.29 is 13.5 Å². The van der Waals surface area contributed by atoms with Gasteiger partial charge in [0.2, 0.25) is 10.0 Å². The lowest BCUT2D eigenvalue weighted by atomic mass is 10.0. The highest BCUT2D eigenvalue weighted by atomic mass is 32.2. The van der Waals surface area contributed by atoms with Gasteiger partial charge < -0.3 is 5.11 Å². The predicted octanol–water partition coefficient (Wildman–Crippen LogP) is 2.02. The van der Waals surface area contributed by atoms with E-state index in [0.29, 0.717) is 16.7 Å². The third-order valence-electron chi connectivity index (χ3n) is 3.46. The van der Waals surface area contributed by atoms with Crippen LogP contribution in [0.3, 0.4) is 0 Å². The molecule has 6 heteroatoms. The molecule has 0 amide bonds. The number of aryl methyl sites for hydroxylation is 1. The molecular formula is C17H18N2O3S.